The predicted molar refractivity (Wildman–Crippen MR) is 81.1 cm³/mol. The second kappa shape index (κ2) is 7.25. The van der Waals surface area contributed by atoms with Gasteiger partial charge in [0.1, 0.15) is 5.82 Å². The van der Waals surface area contributed by atoms with Crippen LogP contribution in [0.4, 0.5) is 4.39 Å². The fourth-order valence-corrected chi connectivity index (χ4v) is 2.38. The standard InChI is InChI=1S/C16H25ClFN/c1-5-11-19-14(9-10-16(2,3)4)15-12(17)7-6-8-13(15)18/h6-8,14,19H,5,9-11H2,1-4H3. The highest BCUT2D eigenvalue weighted by molar-refractivity contribution is 6.31. The van der Waals surface area contributed by atoms with Crippen LogP contribution in [0.3, 0.4) is 0 Å². The maximum absolute atomic E-state index is 14.0. The Balaban J connectivity index is 2.89. The molecular weight excluding hydrogens is 261 g/mol. The number of hydrogen-bond donors (Lipinski definition) is 1. The van der Waals surface area contributed by atoms with Gasteiger partial charge >= 0.3 is 0 Å². The highest BCUT2D eigenvalue weighted by Gasteiger charge is 2.21. The summed E-state index contributed by atoms with van der Waals surface area (Å²) in [5.41, 5.74) is 0.853. The van der Waals surface area contributed by atoms with E-state index >= 15 is 0 Å². The van der Waals surface area contributed by atoms with Crippen LogP contribution < -0.4 is 5.32 Å². The minimum Gasteiger partial charge on any atom is -0.310 e. The molecule has 0 aliphatic carbocycles. The molecule has 108 valence electrons. The van der Waals surface area contributed by atoms with Crippen molar-refractivity contribution in [3.8, 4) is 0 Å². The Kier molecular flexibility index (Phi) is 6.28. The highest BCUT2D eigenvalue weighted by atomic mass is 35.5. The summed E-state index contributed by atoms with van der Waals surface area (Å²) in [6.45, 7) is 9.59. The fourth-order valence-electron chi connectivity index (χ4n) is 2.09. The van der Waals surface area contributed by atoms with Gasteiger partial charge in [-0.25, -0.2) is 4.39 Å². The monoisotopic (exact) mass is 285 g/mol. The zero-order valence-electron chi connectivity index (χ0n) is 12.4. The molecule has 0 radical (unpaired) electrons. The third-order valence-electron chi connectivity index (χ3n) is 3.17. The molecule has 3 heteroatoms. The molecule has 19 heavy (non-hydrogen) atoms. The van der Waals surface area contributed by atoms with E-state index in [4.69, 9.17) is 11.6 Å². The summed E-state index contributed by atoms with van der Waals surface area (Å²) in [6.07, 6.45) is 2.95. The van der Waals surface area contributed by atoms with Crippen LogP contribution in [0.2, 0.25) is 5.02 Å². The van der Waals surface area contributed by atoms with Gasteiger partial charge in [0, 0.05) is 16.6 Å². The van der Waals surface area contributed by atoms with Crippen molar-refractivity contribution >= 4 is 11.6 Å². The second-order valence-corrected chi connectivity index (χ2v) is 6.65. The fraction of sp³-hybridized carbons (Fsp3) is 0.625. The van der Waals surface area contributed by atoms with E-state index in [1.165, 1.54) is 6.07 Å². The van der Waals surface area contributed by atoms with Crippen molar-refractivity contribution in [2.45, 2.75) is 53.0 Å². The molecule has 0 saturated carbocycles. The molecule has 1 N–H and O–H groups in total. The van der Waals surface area contributed by atoms with Gasteiger partial charge in [-0.1, -0.05) is 45.4 Å². The molecule has 0 bridgehead atoms. The Morgan fingerprint density at radius 3 is 2.53 bits per heavy atom. The third kappa shape index (κ3) is 5.50. The molecule has 1 unspecified atom stereocenters. The van der Waals surface area contributed by atoms with E-state index in [0.717, 1.165) is 25.8 Å². The molecule has 0 saturated heterocycles. The predicted octanol–water partition coefficient (Wildman–Crippen LogP) is 5.35. The molecule has 0 aromatic heterocycles. The molecule has 0 heterocycles. The minimum absolute atomic E-state index is 0.00660. The molecule has 1 nitrogen and oxygen atoms in total. The lowest BCUT2D eigenvalue weighted by Crippen LogP contribution is -2.25. The summed E-state index contributed by atoms with van der Waals surface area (Å²) < 4.78 is 14.0. The van der Waals surface area contributed by atoms with Crippen LogP contribution in [0.5, 0.6) is 0 Å². The molecule has 0 aliphatic rings. The van der Waals surface area contributed by atoms with Crippen molar-refractivity contribution in [3.63, 3.8) is 0 Å². The van der Waals surface area contributed by atoms with Crippen LogP contribution >= 0.6 is 11.6 Å². The van der Waals surface area contributed by atoms with Gasteiger partial charge in [0.15, 0.2) is 0 Å². The van der Waals surface area contributed by atoms with E-state index in [2.05, 4.69) is 33.0 Å². The molecule has 0 amide bonds. The summed E-state index contributed by atoms with van der Waals surface area (Å²) in [6, 6.07) is 4.89. The molecule has 1 rings (SSSR count). The van der Waals surface area contributed by atoms with Gasteiger partial charge in [-0.05, 0) is 43.4 Å². The van der Waals surface area contributed by atoms with Crippen LogP contribution in [0.25, 0.3) is 0 Å². The van der Waals surface area contributed by atoms with Crippen molar-refractivity contribution < 1.29 is 4.39 Å². The number of benzene rings is 1. The zero-order valence-corrected chi connectivity index (χ0v) is 13.1. The van der Waals surface area contributed by atoms with Gasteiger partial charge < -0.3 is 5.32 Å². The van der Waals surface area contributed by atoms with E-state index in [0.29, 0.717) is 10.6 Å². The Morgan fingerprint density at radius 1 is 1.32 bits per heavy atom. The summed E-state index contributed by atoms with van der Waals surface area (Å²) >= 11 is 6.17. The van der Waals surface area contributed by atoms with E-state index < -0.39 is 0 Å². The first-order chi connectivity index (χ1) is 8.85. The smallest absolute Gasteiger partial charge is 0.129 e. The van der Waals surface area contributed by atoms with Crippen molar-refractivity contribution in [2.24, 2.45) is 5.41 Å². The maximum Gasteiger partial charge on any atom is 0.129 e. The van der Waals surface area contributed by atoms with Crippen LogP contribution in [0, 0.1) is 11.2 Å². The van der Waals surface area contributed by atoms with Crippen LogP contribution in [0.1, 0.15) is 58.6 Å². The van der Waals surface area contributed by atoms with Crippen molar-refractivity contribution in [3.05, 3.63) is 34.6 Å². The minimum atomic E-state index is -0.213. The first-order valence-electron chi connectivity index (χ1n) is 7.02. The Labute approximate surface area is 121 Å². The van der Waals surface area contributed by atoms with Crippen LogP contribution in [-0.4, -0.2) is 6.54 Å². The topological polar surface area (TPSA) is 12.0 Å². The normalized spacial score (nSPS) is 13.6. The molecule has 1 aromatic carbocycles. The zero-order chi connectivity index (χ0) is 14.5. The molecular formula is C16H25ClFN. The Bertz CT molecular complexity index is 378. The van der Waals surface area contributed by atoms with Gasteiger partial charge in [0.2, 0.25) is 0 Å². The Morgan fingerprint density at radius 2 is 2.00 bits per heavy atom. The molecule has 0 spiro atoms. The van der Waals surface area contributed by atoms with Crippen molar-refractivity contribution in [2.75, 3.05) is 6.54 Å². The average Bonchev–Trinajstić information content (AvgIpc) is 2.30. The largest absolute Gasteiger partial charge is 0.310 e. The number of nitrogens with one attached hydrogen (secondary N) is 1. The first kappa shape index (κ1) is 16.5. The molecule has 1 aromatic rings. The van der Waals surface area contributed by atoms with Crippen molar-refractivity contribution in [1.82, 2.24) is 5.32 Å². The number of rotatable bonds is 6. The summed E-state index contributed by atoms with van der Waals surface area (Å²) in [7, 11) is 0. The Hall–Kier alpha value is -0.600. The second-order valence-electron chi connectivity index (χ2n) is 6.24. The SMILES string of the molecule is CCCNC(CCC(C)(C)C)c1c(F)cccc1Cl. The lowest BCUT2D eigenvalue weighted by molar-refractivity contribution is 0.329. The van der Waals surface area contributed by atoms with Gasteiger partial charge in [0.05, 0.1) is 0 Å². The van der Waals surface area contributed by atoms with Gasteiger partial charge in [0.25, 0.3) is 0 Å². The third-order valence-corrected chi connectivity index (χ3v) is 3.50. The van der Waals surface area contributed by atoms with E-state index in [1.54, 1.807) is 12.1 Å². The van der Waals surface area contributed by atoms with Crippen molar-refractivity contribution in [1.29, 1.82) is 0 Å². The summed E-state index contributed by atoms with van der Waals surface area (Å²) in [5.74, 6) is -0.213. The van der Waals surface area contributed by atoms with E-state index in [-0.39, 0.29) is 17.3 Å². The van der Waals surface area contributed by atoms with Crippen LogP contribution in [0.15, 0.2) is 18.2 Å². The van der Waals surface area contributed by atoms with Crippen LogP contribution in [-0.2, 0) is 0 Å². The maximum atomic E-state index is 14.0. The van der Waals surface area contributed by atoms with Gasteiger partial charge in [-0.2, -0.15) is 0 Å². The molecule has 0 fully saturated rings. The summed E-state index contributed by atoms with van der Waals surface area (Å²) in [4.78, 5) is 0. The number of halogens is 2. The van der Waals surface area contributed by atoms with Gasteiger partial charge in [-0.15, -0.1) is 0 Å². The summed E-state index contributed by atoms with van der Waals surface area (Å²) in [5, 5.41) is 3.93. The number of hydrogen-bond acceptors (Lipinski definition) is 1. The quantitative estimate of drug-likeness (QED) is 0.743. The van der Waals surface area contributed by atoms with Gasteiger partial charge in [-0.3, -0.25) is 0 Å². The highest BCUT2D eigenvalue weighted by Crippen LogP contribution is 2.32. The first-order valence-corrected chi connectivity index (χ1v) is 7.40. The average molecular weight is 286 g/mol. The molecule has 1 atom stereocenters. The lowest BCUT2D eigenvalue weighted by atomic mass is 9.87. The lowest BCUT2D eigenvalue weighted by Gasteiger charge is -2.25. The molecule has 0 aliphatic heterocycles. The van der Waals surface area contributed by atoms with E-state index in [1.807, 2.05) is 0 Å². The van der Waals surface area contributed by atoms with E-state index in [9.17, 15) is 4.39 Å².